The standard InChI is InChI=1S/C21H20O10/c1-8-15(25)17(27)18(28)21(29-8)31-20-16(26)14-12(24)6-11(23)7-13(14)30-19(20)9-2-4-10(22)5-3-9/h2-8,15,17-18,21-25,27-28H,1H3/t8-,15+,17-,18-,21+/m0/s1. The normalized spacial score (nSPS) is 26.1. The molecule has 0 saturated carbocycles. The van der Waals surface area contributed by atoms with Gasteiger partial charge in [-0.25, -0.2) is 0 Å². The average molecular weight is 432 g/mol. The first-order valence-electron chi connectivity index (χ1n) is 9.36. The molecule has 1 fully saturated rings. The van der Waals surface area contributed by atoms with Gasteiger partial charge in [-0.15, -0.1) is 0 Å². The SMILES string of the molecule is C[C@@H]1O[C@H](Oc2c(-c3ccc(O)cc3)oc3cc(O)cc(O)c3c2=O)[C@@H](O)[C@@H](O)[C@@H]1O. The van der Waals surface area contributed by atoms with Crippen LogP contribution in [0.4, 0.5) is 0 Å². The third kappa shape index (κ3) is 3.66. The van der Waals surface area contributed by atoms with E-state index >= 15 is 0 Å². The molecule has 6 N–H and O–H groups in total. The summed E-state index contributed by atoms with van der Waals surface area (Å²) in [7, 11) is 0. The number of hydrogen-bond acceptors (Lipinski definition) is 10. The van der Waals surface area contributed by atoms with Crippen molar-refractivity contribution >= 4 is 11.0 Å². The fraction of sp³-hybridized carbons (Fsp3) is 0.286. The van der Waals surface area contributed by atoms with Crippen LogP contribution < -0.4 is 10.2 Å². The molecule has 0 bridgehead atoms. The highest BCUT2D eigenvalue weighted by atomic mass is 16.7. The van der Waals surface area contributed by atoms with E-state index in [1.54, 1.807) is 0 Å². The Morgan fingerprint density at radius 2 is 1.58 bits per heavy atom. The van der Waals surface area contributed by atoms with Crippen LogP contribution in [0.3, 0.4) is 0 Å². The van der Waals surface area contributed by atoms with Crippen LogP contribution in [0.1, 0.15) is 6.92 Å². The smallest absolute Gasteiger partial charge is 0.239 e. The molecule has 5 atom stereocenters. The molecule has 31 heavy (non-hydrogen) atoms. The lowest BCUT2D eigenvalue weighted by Crippen LogP contribution is -2.58. The Kier molecular flexibility index (Phi) is 5.23. The van der Waals surface area contributed by atoms with Gasteiger partial charge in [0, 0.05) is 17.7 Å². The third-order valence-electron chi connectivity index (χ3n) is 5.09. The number of benzene rings is 2. The van der Waals surface area contributed by atoms with Gasteiger partial charge >= 0.3 is 0 Å². The van der Waals surface area contributed by atoms with Crippen LogP contribution in [-0.2, 0) is 4.74 Å². The van der Waals surface area contributed by atoms with Crippen molar-refractivity contribution in [3.63, 3.8) is 0 Å². The van der Waals surface area contributed by atoms with Crippen LogP contribution in [0.15, 0.2) is 45.6 Å². The van der Waals surface area contributed by atoms with E-state index in [1.807, 2.05) is 0 Å². The van der Waals surface area contributed by atoms with Crippen molar-refractivity contribution in [3.05, 3.63) is 46.6 Å². The number of aromatic hydroxyl groups is 3. The maximum atomic E-state index is 13.2. The van der Waals surface area contributed by atoms with Gasteiger partial charge in [0.2, 0.25) is 17.5 Å². The topological polar surface area (TPSA) is 170 Å². The van der Waals surface area contributed by atoms with Crippen LogP contribution in [0.25, 0.3) is 22.3 Å². The van der Waals surface area contributed by atoms with Crippen LogP contribution in [0.5, 0.6) is 23.0 Å². The molecule has 164 valence electrons. The number of rotatable bonds is 3. The van der Waals surface area contributed by atoms with Crippen LogP contribution in [0, 0.1) is 0 Å². The number of aliphatic hydroxyl groups is 3. The zero-order valence-electron chi connectivity index (χ0n) is 16.2. The number of ether oxygens (including phenoxy) is 2. The van der Waals surface area contributed by atoms with Gasteiger partial charge in [-0.2, -0.15) is 0 Å². The summed E-state index contributed by atoms with van der Waals surface area (Å²) in [6.07, 6.45) is -7.11. The van der Waals surface area contributed by atoms with Gasteiger partial charge in [0.15, 0.2) is 5.76 Å². The lowest BCUT2D eigenvalue weighted by Gasteiger charge is -2.38. The Labute approximate surface area is 174 Å². The number of phenolic OH excluding ortho intramolecular Hbond substituents is 3. The molecule has 0 unspecified atom stereocenters. The monoisotopic (exact) mass is 432 g/mol. The number of aliphatic hydroxyl groups excluding tert-OH is 3. The highest BCUT2D eigenvalue weighted by Crippen LogP contribution is 2.37. The maximum absolute atomic E-state index is 13.2. The summed E-state index contributed by atoms with van der Waals surface area (Å²) in [6, 6.07) is 7.66. The Morgan fingerprint density at radius 3 is 2.26 bits per heavy atom. The Balaban J connectivity index is 1.90. The molecule has 0 aliphatic carbocycles. The minimum Gasteiger partial charge on any atom is -0.508 e. The van der Waals surface area contributed by atoms with Crippen molar-refractivity contribution < 1.29 is 44.5 Å². The van der Waals surface area contributed by atoms with Crippen molar-refractivity contribution in [1.82, 2.24) is 0 Å². The molecule has 2 heterocycles. The van der Waals surface area contributed by atoms with E-state index in [2.05, 4.69) is 0 Å². The zero-order chi connectivity index (χ0) is 22.4. The highest BCUT2D eigenvalue weighted by molar-refractivity contribution is 5.88. The van der Waals surface area contributed by atoms with Crippen molar-refractivity contribution in [2.45, 2.75) is 37.6 Å². The van der Waals surface area contributed by atoms with Gasteiger partial charge in [0.25, 0.3) is 0 Å². The molecule has 0 amide bonds. The molecule has 10 heteroatoms. The van der Waals surface area contributed by atoms with Gasteiger partial charge < -0.3 is 44.5 Å². The minimum absolute atomic E-state index is 0.0402. The summed E-state index contributed by atoms with van der Waals surface area (Å²) < 4.78 is 16.8. The lowest BCUT2D eigenvalue weighted by atomic mass is 10.00. The summed E-state index contributed by atoms with van der Waals surface area (Å²) in [6.45, 7) is 1.45. The van der Waals surface area contributed by atoms with Gasteiger partial charge in [0.1, 0.15) is 46.5 Å². The van der Waals surface area contributed by atoms with Crippen LogP contribution in [0.2, 0.25) is 0 Å². The van der Waals surface area contributed by atoms with E-state index in [9.17, 15) is 35.4 Å². The fourth-order valence-electron chi connectivity index (χ4n) is 3.41. The molecular weight excluding hydrogens is 412 g/mol. The summed E-state index contributed by atoms with van der Waals surface area (Å²) in [5, 5.41) is 59.4. The van der Waals surface area contributed by atoms with E-state index < -0.39 is 47.6 Å². The molecule has 0 spiro atoms. The van der Waals surface area contributed by atoms with E-state index in [-0.39, 0.29) is 28.2 Å². The number of fused-ring (bicyclic) bond motifs is 1. The molecule has 3 aromatic rings. The van der Waals surface area contributed by atoms with Crippen molar-refractivity contribution in [1.29, 1.82) is 0 Å². The summed E-state index contributed by atoms with van der Waals surface area (Å²) in [4.78, 5) is 13.2. The minimum atomic E-state index is -1.69. The largest absolute Gasteiger partial charge is 0.508 e. The second kappa shape index (κ2) is 7.75. The van der Waals surface area contributed by atoms with Crippen LogP contribution >= 0.6 is 0 Å². The van der Waals surface area contributed by atoms with Gasteiger partial charge in [-0.1, -0.05) is 0 Å². The van der Waals surface area contributed by atoms with Gasteiger partial charge in [-0.05, 0) is 31.2 Å². The molecule has 1 aromatic heterocycles. The zero-order valence-corrected chi connectivity index (χ0v) is 16.2. The Morgan fingerprint density at radius 1 is 0.903 bits per heavy atom. The van der Waals surface area contributed by atoms with E-state index in [4.69, 9.17) is 13.9 Å². The van der Waals surface area contributed by atoms with E-state index in [0.717, 1.165) is 12.1 Å². The fourth-order valence-corrected chi connectivity index (χ4v) is 3.41. The molecular formula is C21H20O10. The highest BCUT2D eigenvalue weighted by Gasteiger charge is 2.44. The first-order valence-corrected chi connectivity index (χ1v) is 9.36. The molecule has 10 nitrogen and oxygen atoms in total. The van der Waals surface area contributed by atoms with Crippen LogP contribution in [-0.4, -0.2) is 61.3 Å². The second-order valence-electron chi connectivity index (χ2n) is 7.27. The molecule has 1 aliphatic heterocycles. The average Bonchev–Trinajstić information content (AvgIpc) is 2.72. The van der Waals surface area contributed by atoms with E-state index in [0.29, 0.717) is 5.56 Å². The first-order chi connectivity index (χ1) is 14.7. The van der Waals surface area contributed by atoms with Crippen molar-refractivity contribution in [2.75, 3.05) is 0 Å². The second-order valence-corrected chi connectivity index (χ2v) is 7.27. The molecule has 1 saturated heterocycles. The molecule has 0 radical (unpaired) electrons. The summed E-state index contributed by atoms with van der Waals surface area (Å²) >= 11 is 0. The Bertz CT molecular complexity index is 1170. The quantitative estimate of drug-likeness (QED) is 0.348. The Hall–Kier alpha value is -3.31. The number of hydrogen-bond donors (Lipinski definition) is 6. The van der Waals surface area contributed by atoms with Crippen molar-refractivity contribution in [2.24, 2.45) is 0 Å². The first kappa shape index (κ1) is 20.9. The predicted octanol–water partition coefficient (Wildman–Crippen LogP) is 0.783. The molecule has 4 rings (SSSR count). The lowest BCUT2D eigenvalue weighted by molar-refractivity contribution is -0.268. The molecule has 1 aliphatic rings. The maximum Gasteiger partial charge on any atom is 0.239 e. The van der Waals surface area contributed by atoms with Gasteiger partial charge in [-0.3, -0.25) is 4.79 Å². The van der Waals surface area contributed by atoms with Crippen molar-refractivity contribution in [3.8, 4) is 34.3 Å². The molecule has 2 aromatic carbocycles. The van der Waals surface area contributed by atoms with Gasteiger partial charge in [0.05, 0.1) is 6.10 Å². The van der Waals surface area contributed by atoms with E-state index in [1.165, 1.54) is 31.2 Å². The summed E-state index contributed by atoms with van der Waals surface area (Å²) in [5.74, 6) is -1.51. The third-order valence-corrected chi connectivity index (χ3v) is 5.09. The summed E-state index contributed by atoms with van der Waals surface area (Å²) in [5.41, 5.74) is -0.661. The predicted molar refractivity (Wildman–Crippen MR) is 106 cm³/mol. The number of phenols is 3.